The van der Waals surface area contributed by atoms with Gasteiger partial charge >= 0.3 is 0 Å². The lowest BCUT2D eigenvalue weighted by Gasteiger charge is -2.45. The van der Waals surface area contributed by atoms with E-state index in [1.54, 1.807) is 0 Å². The molecule has 0 aromatic heterocycles. The summed E-state index contributed by atoms with van der Waals surface area (Å²) in [6.45, 7) is 8.69. The van der Waals surface area contributed by atoms with E-state index in [1.807, 2.05) is 17.2 Å². The maximum Gasteiger partial charge on any atom is 0.228 e. The SMILES string of the molecule is CC(=O)CCC(=O)N1CCN(c2cc3c(c4ccccc24)N=CC2(O3)N(C)c3ccccc3C2(C)C)CC1. The molecule has 0 bridgehead atoms. The van der Waals surface area contributed by atoms with Crippen LogP contribution in [0.25, 0.3) is 10.8 Å². The van der Waals surface area contributed by atoms with Crippen molar-refractivity contribution in [1.29, 1.82) is 0 Å². The lowest BCUT2D eigenvalue weighted by Crippen LogP contribution is -2.61. The van der Waals surface area contributed by atoms with Gasteiger partial charge in [0.1, 0.15) is 11.5 Å². The first-order valence-corrected chi connectivity index (χ1v) is 13.4. The lowest BCUT2D eigenvalue weighted by atomic mass is 9.77. The standard InChI is InChI=1S/C31H34N4O3/c1-21(36)13-14-28(37)35-17-15-34(16-18-35)26-19-27-29(23-10-6-5-9-22(23)26)32-20-31(38-27)30(2,3)24-11-7-8-12-25(24)33(31)4/h5-12,19-20H,13-18H2,1-4H3. The number of carbonyl (C=O) groups is 2. The van der Waals surface area contributed by atoms with Crippen molar-refractivity contribution < 1.29 is 14.3 Å². The highest BCUT2D eigenvalue weighted by Gasteiger charge is 2.58. The molecular weight excluding hydrogens is 476 g/mol. The fourth-order valence-corrected chi connectivity index (χ4v) is 6.30. The number of Topliss-reactive ketones (excluding diaryl/α,β-unsaturated/α-hetero) is 1. The monoisotopic (exact) mass is 510 g/mol. The summed E-state index contributed by atoms with van der Waals surface area (Å²) in [5.41, 5.74) is 3.28. The summed E-state index contributed by atoms with van der Waals surface area (Å²) < 4.78 is 7.00. The minimum absolute atomic E-state index is 0.0529. The van der Waals surface area contributed by atoms with Gasteiger partial charge in [-0.15, -0.1) is 0 Å². The molecule has 1 unspecified atom stereocenters. The summed E-state index contributed by atoms with van der Waals surface area (Å²) in [5.74, 6) is 0.881. The van der Waals surface area contributed by atoms with Gasteiger partial charge in [0.05, 0.1) is 11.6 Å². The number of nitrogens with zero attached hydrogens (tertiary/aromatic N) is 4. The molecule has 1 fully saturated rings. The van der Waals surface area contributed by atoms with Crippen LogP contribution < -0.4 is 14.5 Å². The predicted molar refractivity (Wildman–Crippen MR) is 152 cm³/mol. The number of carbonyl (C=O) groups excluding carboxylic acids is 2. The van der Waals surface area contributed by atoms with Gasteiger partial charge in [-0.05, 0) is 32.4 Å². The molecule has 7 heteroatoms. The molecule has 3 aromatic rings. The number of hydrogen-bond acceptors (Lipinski definition) is 6. The summed E-state index contributed by atoms with van der Waals surface area (Å²) in [4.78, 5) is 35.4. The zero-order valence-corrected chi connectivity index (χ0v) is 22.5. The van der Waals surface area contributed by atoms with Crippen molar-refractivity contribution in [3.63, 3.8) is 0 Å². The molecule has 3 aliphatic rings. The Balaban J connectivity index is 1.34. The molecule has 6 rings (SSSR count). The molecule has 0 saturated carbocycles. The van der Waals surface area contributed by atoms with E-state index in [1.165, 1.54) is 12.5 Å². The Morgan fingerprint density at radius 1 is 0.921 bits per heavy atom. The number of benzene rings is 3. The highest BCUT2D eigenvalue weighted by molar-refractivity contribution is 6.06. The molecule has 1 spiro atoms. The Hall–Kier alpha value is -3.87. The Kier molecular flexibility index (Phi) is 5.70. The van der Waals surface area contributed by atoms with E-state index in [4.69, 9.17) is 9.73 Å². The minimum Gasteiger partial charge on any atom is -0.459 e. The first-order chi connectivity index (χ1) is 18.2. The number of aliphatic imine (C=N–C) groups is 1. The van der Waals surface area contributed by atoms with Crippen molar-refractivity contribution in [2.24, 2.45) is 4.99 Å². The molecule has 3 heterocycles. The summed E-state index contributed by atoms with van der Waals surface area (Å²) in [7, 11) is 2.08. The normalized spacial score (nSPS) is 21.4. The molecule has 3 aliphatic heterocycles. The van der Waals surface area contributed by atoms with Gasteiger partial charge in [-0.1, -0.05) is 42.5 Å². The molecule has 1 saturated heterocycles. The third-order valence-electron chi connectivity index (χ3n) is 8.59. The lowest BCUT2D eigenvalue weighted by molar-refractivity contribution is -0.133. The van der Waals surface area contributed by atoms with E-state index < -0.39 is 5.72 Å². The van der Waals surface area contributed by atoms with Gasteiger partial charge in [0.25, 0.3) is 0 Å². The number of ether oxygens (including phenoxy) is 1. The van der Waals surface area contributed by atoms with E-state index in [2.05, 4.69) is 79.2 Å². The van der Waals surface area contributed by atoms with Gasteiger partial charge in [0.2, 0.25) is 11.6 Å². The van der Waals surface area contributed by atoms with Crippen LogP contribution in [0, 0.1) is 0 Å². The average molecular weight is 511 g/mol. The fraction of sp³-hybridized carbons (Fsp3) is 0.387. The summed E-state index contributed by atoms with van der Waals surface area (Å²) >= 11 is 0. The largest absolute Gasteiger partial charge is 0.459 e. The second kappa shape index (κ2) is 8.86. The third-order valence-corrected chi connectivity index (χ3v) is 8.59. The summed E-state index contributed by atoms with van der Waals surface area (Å²) in [6.07, 6.45) is 2.58. The van der Waals surface area contributed by atoms with Crippen LogP contribution in [0.2, 0.25) is 0 Å². The number of para-hydroxylation sites is 1. The molecule has 1 atom stereocenters. The van der Waals surface area contributed by atoms with Crippen LogP contribution in [0.4, 0.5) is 17.1 Å². The number of hydrogen-bond donors (Lipinski definition) is 0. The van der Waals surface area contributed by atoms with Crippen LogP contribution in [-0.2, 0) is 15.0 Å². The summed E-state index contributed by atoms with van der Waals surface area (Å²) in [5, 5.41) is 2.18. The minimum atomic E-state index is -0.745. The molecule has 1 amide bonds. The number of ketones is 1. The van der Waals surface area contributed by atoms with Crippen molar-refractivity contribution in [3.8, 4) is 5.75 Å². The quantitative estimate of drug-likeness (QED) is 0.490. The number of likely N-dealkylation sites (N-methyl/N-ethyl adjacent to an activating group) is 1. The first kappa shape index (κ1) is 24.5. The maximum absolute atomic E-state index is 12.6. The second-order valence-corrected chi connectivity index (χ2v) is 11.1. The highest BCUT2D eigenvalue weighted by Crippen LogP contribution is 2.55. The molecule has 7 nitrogen and oxygen atoms in total. The van der Waals surface area contributed by atoms with Crippen LogP contribution in [0.3, 0.4) is 0 Å². The van der Waals surface area contributed by atoms with Crippen LogP contribution in [0.5, 0.6) is 5.75 Å². The van der Waals surface area contributed by atoms with Crippen LogP contribution in [-0.4, -0.2) is 61.8 Å². The Labute approximate surface area is 223 Å². The van der Waals surface area contributed by atoms with Crippen molar-refractivity contribution >= 4 is 45.7 Å². The Morgan fingerprint density at radius 3 is 2.32 bits per heavy atom. The predicted octanol–water partition coefficient (Wildman–Crippen LogP) is 5.08. The maximum atomic E-state index is 12.6. The molecule has 0 radical (unpaired) electrons. The van der Waals surface area contributed by atoms with Crippen molar-refractivity contribution in [3.05, 3.63) is 60.2 Å². The molecule has 196 valence electrons. The number of amides is 1. The zero-order valence-electron chi connectivity index (χ0n) is 22.5. The van der Waals surface area contributed by atoms with Gasteiger partial charge < -0.3 is 24.2 Å². The van der Waals surface area contributed by atoms with Gasteiger partial charge in [0.15, 0.2) is 5.75 Å². The molecule has 38 heavy (non-hydrogen) atoms. The fourth-order valence-electron chi connectivity index (χ4n) is 6.30. The van der Waals surface area contributed by atoms with E-state index in [0.29, 0.717) is 19.5 Å². The Bertz CT molecular complexity index is 1470. The van der Waals surface area contributed by atoms with E-state index in [9.17, 15) is 9.59 Å². The molecular formula is C31H34N4O3. The number of fused-ring (bicyclic) bond motifs is 4. The second-order valence-electron chi connectivity index (χ2n) is 11.1. The Morgan fingerprint density at radius 2 is 1.61 bits per heavy atom. The van der Waals surface area contributed by atoms with Crippen molar-refractivity contribution in [1.82, 2.24) is 4.90 Å². The smallest absolute Gasteiger partial charge is 0.228 e. The molecule has 0 aliphatic carbocycles. The number of piperazine rings is 1. The zero-order chi connectivity index (χ0) is 26.7. The topological polar surface area (TPSA) is 65.5 Å². The van der Waals surface area contributed by atoms with Crippen LogP contribution >= 0.6 is 0 Å². The van der Waals surface area contributed by atoms with Crippen LogP contribution in [0.1, 0.15) is 39.2 Å². The highest BCUT2D eigenvalue weighted by atomic mass is 16.5. The average Bonchev–Trinajstić information content (AvgIpc) is 3.09. The number of rotatable bonds is 4. The van der Waals surface area contributed by atoms with Gasteiger partial charge in [-0.25, -0.2) is 0 Å². The summed E-state index contributed by atoms with van der Waals surface area (Å²) in [6, 6.07) is 18.9. The van der Waals surface area contributed by atoms with Gasteiger partial charge in [-0.3, -0.25) is 9.79 Å². The van der Waals surface area contributed by atoms with Gasteiger partial charge in [0, 0.05) is 74.3 Å². The van der Waals surface area contributed by atoms with Crippen molar-refractivity contribution in [2.45, 2.75) is 44.8 Å². The van der Waals surface area contributed by atoms with E-state index in [0.717, 1.165) is 46.7 Å². The van der Waals surface area contributed by atoms with Crippen molar-refractivity contribution in [2.75, 3.05) is 43.0 Å². The molecule has 3 aromatic carbocycles. The van der Waals surface area contributed by atoms with E-state index >= 15 is 0 Å². The van der Waals surface area contributed by atoms with Gasteiger partial charge in [-0.2, -0.15) is 0 Å². The molecule has 0 N–H and O–H groups in total. The number of anilines is 2. The van der Waals surface area contributed by atoms with E-state index in [-0.39, 0.29) is 23.5 Å². The first-order valence-electron chi connectivity index (χ1n) is 13.4. The van der Waals surface area contributed by atoms with Crippen LogP contribution in [0.15, 0.2) is 59.6 Å². The third kappa shape index (κ3) is 3.59.